The van der Waals surface area contributed by atoms with E-state index < -0.39 is 0 Å². The maximum Gasteiger partial charge on any atom is 0.227 e. The highest BCUT2D eigenvalue weighted by molar-refractivity contribution is 6.11. The normalized spacial score (nSPS) is 11.6. The van der Waals surface area contributed by atoms with Crippen LogP contribution in [0.3, 0.4) is 0 Å². The monoisotopic (exact) mass is 718 g/mol. The zero-order valence-electron chi connectivity index (χ0n) is 29.9. The molecule has 0 saturated carbocycles. The molecule has 0 unspecified atom stereocenters. The topological polar surface area (TPSA) is 77.8 Å². The van der Waals surface area contributed by atoms with Crippen molar-refractivity contribution in [2.75, 3.05) is 0 Å². The van der Waals surface area contributed by atoms with Crippen LogP contribution in [-0.2, 0) is 0 Å². The van der Waals surface area contributed by atoms with Crippen LogP contribution in [0.5, 0.6) is 0 Å². The van der Waals surface area contributed by atoms with Crippen molar-refractivity contribution < 1.29 is 8.83 Å². The van der Waals surface area contributed by atoms with Crippen molar-refractivity contribution >= 4 is 43.8 Å². The van der Waals surface area contributed by atoms with Crippen molar-refractivity contribution in [3.8, 4) is 67.9 Å². The van der Waals surface area contributed by atoms with Gasteiger partial charge in [-0.1, -0.05) is 133 Å². The summed E-state index contributed by atoms with van der Waals surface area (Å²) in [6, 6.07) is 61.9. The van der Waals surface area contributed by atoms with Crippen molar-refractivity contribution in [2.45, 2.75) is 0 Å². The first-order valence-electron chi connectivity index (χ1n) is 18.5. The summed E-state index contributed by atoms with van der Waals surface area (Å²) in [5.41, 5.74) is 11.3. The van der Waals surface area contributed by atoms with E-state index in [0.717, 1.165) is 88.3 Å². The highest BCUT2D eigenvalue weighted by Gasteiger charge is 2.17. The SMILES string of the molecule is c1ccc(-c2nc(-c3cccc(-c4ccc(-c5cccc6ccc7nc(-c8ccccc8)oc7c56)cc4)c3)nc(-c3ccc4oc5ccccc5c4c3)n2)cc1. The Bertz CT molecular complexity index is 3240. The lowest BCUT2D eigenvalue weighted by Gasteiger charge is -2.11. The number of fused-ring (bicyclic) bond motifs is 6. The van der Waals surface area contributed by atoms with Gasteiger partial charge in [0, 0.05) is 38.4 Å². The summed E-state index contributed by atoms with van der Waals surface area (Å²) < 4.78 is 12.6. The molecule has 0 spiro atoms. The largest absolute Gasteiger partial charge is 0.456 e. The number of aromatic nitrogens is 4. The van der Waals surface area contributed by atoms with Gasteiger partial charge in [-0.3, -0.25) is 0 Å². The predicted molar refractivity (Wildman–Crippen MR) is 225 cm³/mol. The number of hydrogen-bond donors (Lipinski definition) is 0. The Morgan fingerprint density at radius 3 is 1.75 bits per heavy atom. The zero-order chi connectivity index (χ0) is 37.0. The lowest BCUT2D eigenvalue weighted by molar-refractivity contribution is 0.623. The Hall–Kier alpha value is -7.70. The second kappa shape index (κ2) is 13.0. The lowest BCUT2D eigenvalue weighted by Crippen LogP contribution is -2.00. The number of furan rings is 1. The molecule has 6 nitrogen and oxygen atoms in total. The number of benzene rings is 8. The van der Waals surface area contributed by atoms with Gasteiger partial charge in [0.1, 0.15) is 16.7 Å². The Morgan fingerprint density at radius 2 is 0.946 bits per heavy atom. The van der Waals surface area contributed by atoms with E-state index >= 15 is 0 Å². The van der Waals surface area contributed by atoms with Crippen LogP contribution in [0.25, 0.3) is 112 Å². The van der Waals surface area contributed by atoms with Crippen LogP contribution in [0.4, 0.5) is 0 Å². The van der Waals surface area contributed by atoms with Crippen molar-refractivity contribution in [3.05, 3.63) is 182 Å². The average Bonchev–Trinajstić information content (AvgIpc) is 3.89. The highest BCUT2D eigenvalue weighted by Crippen LogP contribution is 2.38. The minimum atomic E-state index is 0.600. The number of hydrogen-bond acceptors (Lipinski definition) is 6. The highest BCUT2D eigenvalue weighted by atomic mass is 16.3. The minimum absolute atomic E-state index is 0.600. The Morgan fingerprint density at radius 1 is 0.339 bits per heavy atom. The van der Waals surface area contributed by atoms with Gasteiger partial charge in [-0.15, -0.1) is 0 Å². The van der Waals surface area contributed by atoms with Gasteiger partial charge in [0.05, 0.1) is 0 Å². The standard InChI is InChI=1S/C50H30N4O2/c1-3-11-34(12-4-1)47-52-48(54-49(53-47)38-26-28-44-41(30-38)40-18-7-8-20-43(40)55-44)37-17-9-16-36(29-37)31-21-23-32(24-22-31)39-19-10-15-33-25-27-42-46(45(33)39)56-50(51-42)35-13-5-2-6-14-35/h1-30H. The number of oxazole rings is 1. The molecule has 0 N–H and O–H groups in total. The van der Waals surface area contributed by atoms with E-state index in [0.29, 0.717) is 23.4 Å². The van der Waals surface area contributed by atoms with Crippen molar-refractivity contribution in [1.29, 1.82) is 0 Å². The first kappa shape index (κ1) is 31.8. The summed E-state index contributed by atoms with van der Waals surface area (Å²) in [6.07, 6.45) is 0. The molecule has 0 amide bonds. The summed E-state index contributed by atoms with van der Waals surface area (Å²) >= 11 is 0. The molecule has 56 heavy (non-hydrogen) atoms. The lowest BCUT2D eigenvalue weighted by atomic mass is 9.95. The third kappa shape index (κ3) is 5.51. The van der Waals surface area contributed by atoms with E-state index in [1.807, 2.05) is 97.1 Å². The Balaban J connectivity index is 0.976. The average molecular weight is 719 g/mol. The molecular formula is C50H30N4O2. The van der Waals surface area contributed by atoms with E-state index in [9.17, 15) is 0 Å². The molecule has 0 saturated heterocycles. The molecule has 262 valence electrons. The van der Waals surface area contributed by atoms with Gasteiger partial charge in [0.2, 0.25) is 5.89 Å². The van der Waals surface area contributed by atoms with Crippen LogP contribution < -0.4 is 0 Å². The maximum atomic E-state index is 6.45. The fraction of sp³-hybridized carbons (Fsp3) is 0. The molecule has 0 aliphatic rings. The molecule has 0 aliphatic heterocycles. The Labute approximate surface area is 321 Å². The molecular weight excluding hydrogens is 689 g/mol. The van der Waals surface area contributed by atoms with Crippen molar-refractivity contribution in [1.82, 2.24) is 19.9 Å². The second-order valence-corrected chi connectivity index (χ2v) is 13.8. The molecule has 0 bridgehead atoms. The minimum Gasteiger partial charge on any atom is -0.456 e. The molecule has 3 aromatic heterocycles. The van der Waals surface area contributed by atoms with Gasteiger partial charge in [-0.05, 0) is 76.2 Å². The van der Waals surface area contributed by atoms with Crippen molar-refractivity contribution in [2.24, 2.45) is 0 Å². The van der Waals surface area contributed by atoms with Gasteiger partial charge in [-0.25, -0.2) is 19.9 Å². The van der Waals surface area contributed by atoms with E-state index in [1.54, 1.807) is 0 Å². The van der Waals surface area contributed by atoms with Crippen molar-refractivity contribution in [3.63, 3.8) is 0 Å². The van der Waals surface area contributed by atoms with Gasteiger partial charge >= 0.3 is 0 Å². The van der Waals surface area contributed by atoms with Crippen LogP contribution in [0.1, 0.15) is 0 Å². The molecule has 0 aliphatic carbocycles. The fourth-order valence-corrected chi connectivity index (χ4v) is 7.60. The second-order valence-electron chi connectivity index (χ2n) is 13.8. The van der Waals surface area contributed by atoms with E-state index in [-0.39, 0.29) is 0 Å². The van der Waals surface area contributed by atoms with Crippen LogP contribution in [0, 0.1) is 0 Å². The van der Waals surface area contributed by atoms with Crippen LogP contribution in [0.15, 0.2) is 191 Å². The molecule has 11 rings (SSSR count). The zero-order valence-corrected chi connectivity index (χ0v) is 29.9. The molecule has 0 atom stereocenters. The summed E-state index contributed by atoms with van der Waals surface area (Å²) in [7, 11) is 0. The van der Waals surface area contributed by atoms with Crippen LogP contribution in [-0.4, -0.2) is 19.9 Å². The van der Waals surface area contributed by atoms with Crippen LogP contribution >= 0.6 is 0 Å². The summed E-state index contributed by atoms with van der Waals surface area (Å²) in [4.78, 5) is 19.9. The molecule has 6 heteroatoms. The first-order chi connectivity index (χ1) is 27.7. The molecule has 3 heterocycles. The summed E-state index contributed by atoms with van der Waals surface area (Å²) in [5.74, 6) is 2.44. The quantitative estimate of drug-likeness (QED) is 0.170. The number of para-hydroxylation sites is 1. The molecule has 8 aromatic carbocycles. The van der Waals surface area contributed by atoms with E-state index in [2.05, 4.69) is 84.9 Å². The molecule has 0 fully saturated rings. The van der Waals surface area contributed by atoms with Gasteiger partial charge in [0.25, 0.3) is 0 Å². The Kier molecular flexibility index (Phi) is 7.38. The van der Waals surface area contributed by atoms with Crippen LogP contribution in [0.2, 0.25) is 0 Å². The number of rotatable bonds is 6. The summed E-state index contributed by atoms with van der Waals surface area (Å²) in [5, 5.41) is 4.24. The van der Waals surface area contributed by atoms with Gasteiger partial charge in [-0.2, -0.15) is 0 Å². The third-order valence-electron chi connectivity index (χ3n) is 10.4. The maximum absolute atomic E-state index is 6.45. The number of nitrogens with zero attached hydrogens (tertiary/aromatic N) is 4. The van der Waals surface area contributed by atoms with Gasteiger partial charge < -0.3 is 8.83 Å². The van der Waals surface area contributed by atoms with E-state index in [4.69, 9.17) is 28.8 Å². The molecule has 0 radical (unpaired) electrons. The van der Waals surface area contributed by atoms with Gasteiger partial charge in [0.15, 0.2) is 23.1 Å². The van der Waals surface area contributed by atoms with E-state index in [1.165, 1.54) is 0 Å². The first-order valence-corrected chi connectivity index (χ1v) is 18.5. The predicted octanol–water partition coefficient (Wildman–Crippen LogP) is 13.1. The fourth-order valence-electron chi connectivity index (χ4n) is 7.60. The third-order valence-corrected chi connectivity index (χ3v) is 10.4. The smallest absolute Gasteiger partial charge is 0.227 e. The molecule has 11 aromatic rings. The summed E-state index contributed by atoms with van der Waals surface area (Å²) in [6.45, 7) is 0.